The third kappa shape index (κ3) is 5.54. The van der Waals surface area contributed by atoms with E-state index < -0.39 is 9.84 Å². The molecule has 0 unspecified atom stereocenters. The first-order chi connectivity index (χ1) is 17.0. The number of rotatable bonds is 11. The Labute approximate surface area is 205 Å². The molecule has 0 amide bonds. The summed E-state index contributed by atoms with van der Waals surface area (Å²) in [6.07, 6.45) is 0.823. The molecule has 0 saturated carbocycles. The van der Waals surface area contributed by atoms with Crippen molar-refractivity contribution in [3.05, 3.63) is 42.5 Å². The van der Waals surface area contributed by atoms with Gasteiger partial charge in [-0.2, -0.15) is 4.98 Å². The number of ether oxygens (including phenoxy) is 3. The third-order valence-corrected chi connectivity index (χ3v) is 7.50. The van der Waals surface area contributed by atoms with E-state index in [0.717, 1.165) is 26.1 Å². The van der Waals surface area contributed by atoms with Crippen LogP contribution in [0.3, 0.4) is 0 Å². The van der Waals surface area contributed by atoms with Crippen LogP contribution in [0.2, 0.25) is 0 Å². The molecule has 2 aromatic carbocycles. The molecule has 1 N–H and O–H groups in total. The fourth-order valence-electron chi connectivity index (χ4n) is 3.80. The lowest BCUT2D eigenvalue weighted by Crippen LogP contribution is -2.25. The molecule has 0 radical (unpaired) electrons. The van der Waals surface area contributed by atoms with Crippen molar-refractivity contribution in [2.45, 2.75) is 30.2 Å². The zero-order chi connectivity index (χ0) is 24.8. The molecule has 1 aromatic heterocycles. The zero-order valence-electron chi connectivity index (χ0n) is 20.2. The van der Waals surface area contributed by atoms with Crippen molar-refractivity contribution in [3.8, 4) is 28.7 Å². The molecule has 1 aliphatic rings. The van der Waals surface area contributed by atoms with Gasteiger partial charge in [0, 0.05) is 18.2 Å². The quantitative estimate of drug-likeness (QED) is 0.389. The molecule has 0 atom stereocenters. The summed E-state index contributed by atoms with van der Waals surface area (Å²) in [4.78, 5) is 6.76. The van der Waals surface area contributed by atoms with Crippen LogP contribution in [-0.4, -0.2) is 64.8 Å². The minimum Gasteiger partial charge on any atom is -0.497 e. The van der Waals surface area contributed by atoms with Gasteiger partial charge in [0.1, 0.15) is 19.0 Å². The van der Waals surface area contributed by atoms with Crippen molar-refractivity contribution in [1.29, 1.82) is 0 Å². The van der Waals surface area contributed by atoms with E-state index in [0.29, 0.717) is 42.6 Å². The summed E-state index contributed by atoms with van der Waals surface area (Å²) >= 11 is 0. The molecule has 0 saturated heterocycles. The highest BCUT2D eigenvalue weighted by Crippen LogP contribution is 2.37. The van der Waals surface area contributed by atoms with Crippen molar-refractivity contribution in [2.24, 2.45) is 0 Å². The summed E-state index contributed by atoms with van der Waals surface area (Å²) in [6, 6.07) is 11.6. The molecule has 4 rings (SSSR count). The average molecular weight is 502 g/mol. The van der Waals surface area contributed by atoms with Crippen molar-refractivity contribution in [3.63, 3.8) is 0 Å². The number of hydrogen-bond acceptors (Lipinski definition) is 9. The van der Waals surface area contributed by atoms with Gasteiger partial charge in [-0.1, -0.05) is 13.8 Å². The summed E-state index contributed by atoms with van der Waals surface area (Å²) in [7, 11) is -2.42. The Morgan fingerprint density at radius 1 is 1.03 bits per heavy atom. The second kappa shape index (κ2) is 11.0. The summed E-state index contributed by atoms with van der Waals surface area (Å²) in [5, 5.41) is 2.99. The topological polar surface area (TPSA) is 103 Å². The maximum Gasteiger partial charge on any atom is 0.233 e. The molecule has 2 heterocycles. The first-order valence-electron chi connectivity index (χ1n) is 11.7. The smallest absolute Gasteiger partial charge is 0.233 e. The number of fused-ring (bicyclic) bond motifs is 1. The molecule has 0 bridgehead atoms. The minimum atomic E-state index is -4.00. The minimum absolute atomic E-state index is 0.0579. The SMILES string of the molecule is CCN(CC)CCCNc1oc(-c2ccc(OC)cc2)nc1S(=O)(=O)c1ccc2c(c1)OCCO2. The van der Waals surface area contributed by atoms with Crippen LogP contribution in [0.5, 0.6) is 17.2 Å². The van der Waals surface area contributed by atoms with Crippen molar-refractivity contribution in [2.75, 3.05) is 51.8 Å². The summed E-state index contributed by atoms with van der Waals surface area (Å²) < 4.78 is 49.5. The lowest BCUT2D eigenvalue weighted by molar-refractivity contribution is 0.171. The Hall–Kier alpha value is -3.24. The summed E-state index contributed by atoms with van der Waals surface area (Å²) in [5.74, 6) is 1.91. The van der Waals surface area contributed by atoms with Gasteiger partial charge in [0.25, 0.3) is 0 Å². The van der Waals surface area contributed by atoms with Crippen molar-refractivity contribution in [1.82, 2.24) is 9.88 Å². The summed E-state index contributed by atoms with van der Waals surface area (Å²) in [5.41, 5.74) is 0.639. The van der Waals surface area contributed by atoms with Gasteiger partial charge in [0.15, 0.2) is 11.5 Å². The Morgan fingerprint density at radius 2 is 1.74 bits per heavy atom. The number of benzene rings is 2. The Morgan fingerprint density at radius 3 is 2.43 bits per heavy atom. The monoisotopic (exact) mass is 501 g/mol. The van der Waals surface area contributed by atoms with E-state index in [2.05, 4.69) is 29.0 Å². The molecule has 9 nitrogen and oxygen atoms in total. The highest BCUT2D eigenvalue weighted by atomic mass is 32.2. The van der Waals surface area contributed by atoms with Gasteiger partial charge in [0.2, 0.25) is 26.6 Å². The molecule has 35 heavy (non-hydrogen) atoms. The number of aromatic nitrogens is 1. The predicted molar refractivity (Wildman–Crippen MR) is 132 cm³/mol. The highest BCUT2D eigenvalue weighted by Gasteiger charge is 2.30. The Kier molecular flexibility index (Phi) is 7.82. The van der Waals surface area contributed by atoms with Crippen LogP contribution in [0.1, 0.15) is 20.3 Å². The lowest BCUT2D eigenvalue weighted by Gasteiger charge is -2.18. The van der Waals surface area contributed by atoms with Crippen LogP contribution in [0.4, 0.5) is 5.88 Å². The fraction of sp³-hybridized carbons (Fsp3) is 0.400. The maximum atomic E-state index is 13.6. The van der Waals surface area contributed by atoms with Crippen LogP contribution >= 0.6 is 0 Å². The number of nitrogens with one attached hydrogen (secondary N) is 1. The molecule has 0 aliphatic carbocycles. The van der Waals surface area contributed by atoms with Gasteiger partial charge in [-0.3, -0.25) is 0 Å². The van der Waals surface area contributed by atoms with Crippen LogP contribution < -0.4 is 19.5 Å². The molecular weight excluding hydrogens is 470 g/mol. The molecule has 188 valence electrons. The van der Waals surface area contributed by atoms with Gasteiger partial charge >= 0.3 is 0 Å². The second-order valence-electron chi connectivity index (χ2n) is 8.00. The van der Waals surface area contributed by atoms with E-state index in [1.807, 2.05) is 0 Å². The third-order valence-electron chi connectivity index (χ3n) is 5.84. The first-order valence-corrected chi connectivity index (χ1v) is 13.2. The molecule has 0 fully saturated rings. The van der Waals surface area contributed by atoms with Gasteiger partial charge in [-0.25, -0.2) is 8.42 Å². The second-order valence-corrected chi connectivity index (χ2v) is 9.86. The molecule has 0 spiro atoms. The van der Waals surface area contributed by atoms with E-state index in [9.17, 15) is 8.42 Å². The molecular formula is C25H31N3O6S. The standard InChI is InChI=1S/C25H31N3O6S/c1-4-28(5-2)14-6-13-26-24-25(27-23(34-24)18-7-9-19(31-3)10-8-18)35(29,30)20-11-12-21-22(17-20)33-16-15-32-21/h7-12,17,26H,4-6,13-16H2,1-3H3. The Bertz CT molecular complexity index is 1240. The maximum absolute atomic E-state index is 13.6. The average Bonchev–Trinajstić information content (AvgIpc) is 3.33. The molecule has 3 aromatic rings. The molecule has 10 heteroatoms. The van der Waals surface area contributed by atoms with Crippen molar-refractivity contribution >= 4 is 15.7 Å². The number of oxazole rings is 1. The zero-order valence-corrected chi connectivity index (χ0v) is 21.1. The van der Waals surface area contributed by atoms with E-state index in [1.54, 1.807) is 37.4 Å². The predicted octanol–water partition coefficient (Wildman–Crippen LogP) is 4.10. The molecule has 1 aliphatic heterocycles. The summed E-state index contributed by atoms with van der Waals surface area (Å²) in [6.45, 7) is 8.38. The van der Waals surface area contributed by atoms with Gasteiger partial charge in [-0.15, -0.1) is 0 Å². The number of nitrogens with zero attached hydrogens (tertiary/aromatic N) is 2. The number of sulfone groups is 1. The first kappa shape index (κ1) is 24.9. The van der Waals surface area contributed by atoms with Crippen LogP contribution in [-0.2, 0) is 9.84 Å². The van der Waals surface area contributed by atoms with Gasteiger partial charge in [0.05, 0.1) is 12.0 Å². The van der Waals surface area contributed by atoms with Crippen LogP contribution in [0, 0.1) is 0 Å². The fourth-order valence-corrected chi connectivity index (χ4v) is 5.10. The Balaban J connectivity index is 1.65. The van der Waals surface area contributed by atoms with E-state index in [4.69, 9.17) is 18.6 Å². The highest BCUT2D eigenvalue weighted by molar-refractivity contribution is 7.91. The van der Waals surface area contributed by atoms with E-state index in [-0.39, 0.29) is 21.7 Å². The lowest BCUT2D eigenvalue weighted by atomic mass is 10.2. The van der Waals surface area contributed by atoms with Crippen molar-refractivity contribution < 1.29 is 27.0 Å². The van der Waals surface area contributed by atoms with Gasteiger partial charge in [-0.05, 0) is 62.5 Å². The number of methoxy groups -OCH3 is 1. The largest absolute Gasteiger partial charge is 0.497 e. The number of anilines is 1. The number of hydrogen-bond donors (Lipinski definition) is 1. The van der Waals surface area contributed by atoms with Gasteiger partial charge < -0.3 is 28.8 Å². The normalized spacial score (nSPS) is 13.1. The van der Waals surface area contributed by atoms with E-state index >= 15 is 0 Å². The van der Waals surface area contributed by atoms with Crippen LogP contribution in [0.15, 0.2) is 56.8 Å². The van der Waals surface area contributed by atoms with Crippen LogP contribution in [0.25, 0.3) is 11.5 Å². The van der Waals surface area contributed by atoms with E-state index in [1.165, 1.54) is 12.1 Å².